The number of hydrogen-bond acceptors (Lipinski definition) is 1. The first-order valence-corrected chi connectivity index (χ1v) is 12.1. The van der Waals surface area contributed by atoms with Gasteiger partial charge in [0, 0.05) is 43.7 Å². The SMILES string of the molecule is [C-]#[N+]c1cc(-c2nccn2-c2cc(-c3ccccc3)n(-c3ccccc3)c2-c2ccccc2)[c-]cc1C.[Ir]. The summed E-state index contributed by atoms with van der Waals surface area (Å²) in [6.07, 6.45) is 3.78. The molecule has 6 rings (SSSR count). The third-order valence-corrected chi connectivity index (χ3v) is 6.50. The second-order valence-corrected chi connectivity index (χ2v) is 8.81. The van der Waals surface area contributed by atoms with Crippen LogP contribution < -0.4 is 0 Å². The summed E-state index contributed by atoms with van der Waals surface area (Å²) in [7, 11) is 0. The molecule has 4 aromatic carbocycles. The first-order chi connectivity index (χ1) is 18.2. The molecule has 6 aromatic rings. The number of para-hydroxylation sites is 1. The maximum absolute atomic E-state index is 7.57. The van der Waals surface area contributed by atoms with Gasteiger partial charge in [0.05, 0.1) is 29.5 Å². The Morgan fingerprint density at radius 3 is 2.11 bits per heavy atom. The maximum atomic E-state index is 7.57. The molecular formula is C33H23IrN4-. The molecule has 0 aliphatic heterocycles. The molecule has 0 unspecified atom stereocenters. The van der Waals surface area contributed by atoms with Crippen LogP contribution in [0.4, 0.5) is 5.69 Å². The molecule has 0 atom stereocenters. The number of hydrogen-bond donors (Lipinski definition) is 0. The monoisotopic (exact) mass is 668 g/mol. The van der Waals surface area contributed by atoms with Gasteiger partial charge in [-0.3, -0.25) is 9.83 Å². The fourth-order valence-electron chi connectivity index (χ4n) is 4.72. The van der Waals surface area contributed by atoms with Crippen LogP contribution >= 0.6 is 0 Å². The normalized spacial score (nSPS) is 10.5. The van der Waals surface area contributed by atoms with Crippen LogP contribution in [0.2, 0.25) is 0 Å². The molecule has 5 heteroatoms. The summed E-state index contributed by atoms with van der Waals surface area (Å²) in [4.78, 5) is 8.40. The Labute approximate surface area is 236 Å². The van der Waals surface area contributed by atoms with Gasteiger partial charge in [-0.1, -0.05) is 85.8 Å². The van der Waals surface area contributed by atoms with E-state index < -0.39 is 0 Å². The summed E-state index contributed by atoms with van der Waals surface area (Å²) < 4.78 is 4.41. The van der Waals surface area contributed by atoms with Crippen molar-refractivity contribution < 1.29 is 20.1 Å². The molecule has 2 heterocycles. The van der Waals surface area contributed by atoms with Crippen LogP contribution in [0.1, 0.15) is 5.56 Å². The average molecular weight is 668 g/mol. The number of rotatable bonds is 5. The van der Waals surface area contributed by atoms with E-state index in [-0.39, 0.29) is 20.1 Å². The van der Waals surface area contributed by atoms with Crippen molar-refractivity contribution in [3.8, 4) is 45.3 Å². The minimum Gasteiger partial charge on any atom is -0.338 e. The van der Waals surface area contributed by atoms with Gasteiger partial charge < -0.3 is 9.13 Å². The number of aryl methyl sites for hydroxylation is 1. The van der Waals surface area contributed by atoms with Crippen molar-refractivity contribution in [1.82, 2.24) is 14.1 Å². The summed E-state index contributed by atoms with van der Waals surface area (Å²) in [6.45, 7) is 9.50. The zero-order chi connectivity index (χ0) is 25.2. The van der Waals surface area contributed by atoms with Crippen LogP contribution in [0.5, 0.6) is 0 Å². The van der Waals surface area contributed by atoms with Gasteiger partial charge in [-0.05, 0) is 23.8 Å². The summed E-state index contributed by atoms with van der Waals surface area (Å²) in [5, 5.41) is 0. The summed E-state index contributed by atoms with van der Waals surface area (Å²) in [5.41, 5.74) is 8.73. The molecule has 0 spiro atoms. The van der Waals surface area contributed by atoms with E-state index in [1.807, 2.05) is 43.5 Å². The van der Waals surface area contributed by atoms with E-state index in [1.165, 1.54) is 0 Å². The molecule has 0 aliphatic carbocycles. The molecular weight excluding hydrogens is 645 g/mol. The second-order valence-electron chi connectivity index (χ2n) is 8.81. The van der Waals surface area contributed by atoms with Gasteiger partial charge in [0.1, 0.15) is 5.69 Å². The Balaban J connectivity index is 0.00000294. The smallest absolute Gasteiger partial charge is 0.111 e. The standard InChI is InChI=1S/C33H23N4.Ir/c1-24-18-19-27(22-29(24)34-2)33-35-20-21-36(33)31-23-30(25-12-6-3-7-13-25)37(28-16-10-5-11-17-28)32(31)26-14-8-4-9-15-26;/h3-18,20-23H,1H3;/q-1;. The second kappa shape index (κ2) is 10.9. The first-order valence-electron chi connectivity index (χ1n) is 12.1. The van der Waals surface area contributed by atoms with Gasteiger partial charge in [-0.2, -0.15) is 6.07 Å². The van der Waals surface area contributed by atoms with Crippen molar-refractivity contribution in [2.75, 3.05) is 0 Å². The summed E-state index contributed by atoms with van der Waals surface area (Å²) in [6, 6.07) is 40.6. The Morgan fingerprint density at radius 2 is 1.45 bits per heavy atom. The van der Waals surface area contributed by atoms with E-state index in [0.29, 0.717) is 5.69 Å². The predicted octanol–water partition coefficient (Wildman–Crippen LogP) is 8.32. The summed E-state index contributed by atoms with van der Waals surface area (Å²) >= 11 is 0. The molecule has 2 aromatic heterocycles. The molecule has 0 bridgehead atoms. The average Bonchev–Trinajstić information content (AvgIpc) is 3.60. The third kappa shape index (κ3) is 4.52. The molecule has 0 saturated heterocycles. The van der Waals surface area contributed by atoms with Gasteiger partial charge in [0.2, 0.25) is 0 Å². The molecule has 0 fully saturated rings. The van der Waals surface area contributed by atoms with E-state index in [1.54, 1.807) is 6.20 Å². The quantitative estimate of drug-likeness (QED) is 0.170. The zero-order valence-corrected chi connectivity index (χ0v) is 23.1. The van der Waals surface area contributed by atoms with Crippen LogP contribution in [-0.4, -0.2) is 14.1 Å². The Morgan fingerprint density at radius 1 is 0.816 bits per heavy atom. The van der Waals surface area contributed by atoms with Gasteiger partial charge in [-0.15, -0.1) is 23.3 Å². The van der Waals surface area contributed by atoms with Gasteiger partial charge in [-0.25, -0.2) is 0 Å². The van der Waals surface area contributed by atoms with Crippen molar-refractivity contribution in [3.05, 3.63) is 145 Å². The number of benzene rings is 4. The molecule has 0 aliphatic rings. The maximum Gasteiger partial charge on any atom is 0.111 e. The Hall–Kier alpha value is -4.49. The fourth-order valence-corrected chi connectivity index (χ4v) is 4.72. The van der Waals surface area contributed by atoms with Crippen molar-refractivity contribution in [2.45, 2.75) is 6.92 Å². The molecule has 185 valence electrons. The largest absolute Gasteiger partial charge is 0.338 e. The van der Waals surface area contributed by atoms with Crippen molar-refractivity contribution >= 4 is 5.69 Å². The topological polar surface area (TPSA) is 27.1 Å². The van der Waals surface area contributed by atoms with Crippen LogP contribution in [0, 0.1) is 19.6 Å². The number of imidazole rings is 1. The van der Waals surface area contributed by atoms with Gasteiger partial charge in [0.15, 0.2) is 0 Å². The Kier molecular flexibility index (Phi) is 7.20. The van der Waals surface area contributed by atoms with Crippen molar-refractivity contribution in [1.29, 1.82) is 0 Å². The number of nitrogens with zero attached hydrogens (tertiary/aromatic N) is 4. The first kappa shape index (κ1) is 25.2. The van der Waals surface area contributed by atoms with E-state index in [0.717, 1.165) is 50.8 Å². The van der Waals surface area contributed by atoms with Crippen LogP contribution in [0.25, 0.3) is 50.1 Å². The van der Waals surface area contributed by atoms with Crippen molar-refractivity contribution in [3.63, 3.8) is 0 Å². The zero-order valence-electron chi connectivity index (χ0n) is 20.7. The fraction of sp³-hybridized carbons (Fsp3) is 0.0303. The van der Waals surface area contributed by atoms with E-state index in [2.05, 4.69) is 98.9 Å². The van der Waals surface area contributed by atoms with Crippen LogP contribution in [0.3, 0.4) is 0 Å². The molecule has 0 amide bonds. The molecule has 4 nitrogen and oxygen atoms in total. The van der Waals surface area contributed by atoms with Crippen molar-refractivity contribution in [2.24, 2.45) is 0 Å². The van der Waals surface area contributed by atoms with Crippen LogP contribution in [0.15, 0.2) is 122 Å². The number of aromatic nitrogens is 3. The summed E-state index contributed by atoms with van der Waals surface area (Å²) in [5.74, 6) is 0.743. The molecule has 0 saturated carbocycles. The predicted molar refractivity (Wildman–Crippen MR) is 149 cm³/mol. The minimum absolute atomic E-state index is 0. The minimum atomic E-state index is 0. The molecule has 38 heavy (non-hydrogen) atoms. The van der Waals surface area contributed by atoms with Gasteiger partial charge in [0.25, 0.3) is 0 Å². The van der Waals surface area contributed by atoms with E-state index in [4.69, 9.17) is 11.6 Å². The van der Waals surface area contributed by atoms with E-state index in [9.17, 15) is 0 Å². The third-order valence-electron chi connectivity index (χ3n) is 6.50. The molecule has 0 N–H and O–H groups in total. The van der Waals surface area contributed by atoms with Gasteiger partial charge >= 0.3 is 0 Å². The molecule has 1 radical (unpaired) electrons. The van der Waals surface area contributed by atoms with E-state index >= 15 is 0 Å². The Bertz CT molecular complexity index is 1730. The van der Waals surface area contributed by atoms with Crippen LogP contribution in [-0.2, 0) is 20.1 Å².